The van der Waals surface area contributed by atoms with Crippen LogP contribution >= 0.6 is 0 Å². The molecule has 0 rings (SSSR count). The molecule has 0 amide bonds. The van der Waals surface area contributed by atoms with Gasteiger partial charge in [-0.05, 0) is 25.2 Å². The quantitative estimate of drug-likeness (QED) is 0.357. The van der Waals surface area contributed by atoms with Gasteiger partial charge in [-0.15, -0.1) is 0 Å². The van der Waals surface area contributed by atoms with Gasteiger partial charge in [-0.2, -0.15) is 0 Å². The van der Waals surface area contributed by atoms with Gasteiger partial charge in [0.15, 0.2) is 5.96 Å². The Kier molecular flexibility index (Phi) is 9.61. The highest BCUT2D eigenvalue weighted by Crippen LogP contribution is 2.21. The smallest absolute Gasteiger partial charge is 0.191 e. The van der Waals surface area contributed by atoms with Crippen LogP contribution in [0.1, 0.15) is 33.6 Å². The fraction of sp³-hybridized carbons (Fsp3) is 0.929. The number of rotatable bonds is 10. The second kappa shape index (κ2) is 10.00. The first-order valence-electron chi connectivity index (χ1n) is 7.39. The summed E-state index contributed by atoms with van der Waals surface area (Å²) in [6.45, 7) is 8.98. The molecule has 0 aliphatic rings. The number of guanidine groups is 1. The van der Waals surface area contributed by atoms with E-state index in [4.69, 9.17) is 4.74 Å². The third-order valence-electron chi connectivity index (χ3n) is 2.98. The molecule has 0 fully saturated rings. The molecule has 0 spiro atoms. The molecule has 21 heavy (non-hydrogen) atoms. The molecule has 2 N–H and O–H groups in total. The molecule has 0 aromatic rings. The zero-order valence-electron chi connectivity index (χ0n) is 14.0. The first kappa shape index (κ1) is 20.2. The highest BCUT2D eigenvalue weighted by molar-refractivity contribution is 7.90. The number of hydrogen-bond donors (Lipinski definition) is 2. The van der Waals surface area contributed by atoms with Crippen molar-refractivity contribution in [2.24, 2.45) is 10.4 Å². The molecular formula is C14H31N3O3S. The van der Waals surface area contributed by atoms with Crippen LogP contribution in [0.25, 0.3) is 0 Å². The van der Waals surface area contributed by atoms with Crippen LogP contribution in [-0.2, 0) is 14.6 Å². The maximum atomic E-state index is 11.2. The van der Waals surface area contributed by atoms with E-state index >= 15 is 0 Å². The summed E-state index contributed by atoms with van der Waals surface area (Å²) < 4.78 is 27.5. The molecule has 6 nitrogen and oxygen atoms in total. The highest BCUT2D eigenvalue weighted by Gasteiger charge is 2.20. The summed E-state index contributed by atoms with van der Waals surface area (Å²) in [7, 11) is -1.24. The fourth-order valence-electron chi connectivity index (χ4n) is 1.60. The van der Waals surface area contributed by atoms with E-state index in [0.29, 0.717) is 19.6 Å². The van der Waals surface area contributed by atoms with Gasteiger partial charge >= 0.3 is 0 Å². The first-order valence-corrected chi connectivity index (χ1v) is 9.45. The zero-order valence-corrected chi connectivity index (χ0v) is 14.8. The van der Waals surface area contributed by atoms with E-state index in [9.17, 15) is 8.42 Å². The van der Waals surface area contributed by atoms with Crippen molar-refractivity contribution in [1.29, 1.82) is 0 Å². The average molecular weight is 321 g/mol. The van der Waals surface area contributed by atoms with Crippen molar-refractivity contribution in [2.75, 3.05) is 45.4 Å². The lowest BCUT2D eigenvalue weighted by molar-refractivity contribution is 0.195. The summed E-state index contributed by atoms with van der Waals surface area (Å²) in [5.74, 6) is 0.967. The zero-order chi connectivity index (χ0) is 16.4. The number of methoxy groups -OCH3 is 1. The number of hydrogen-bond acceptors (Lipinski definition) is 4. The summed E-state index contributed by atoms with van der Waals surface area (Å²) in [6.07, 6.45) is 2.80. The summed E-state index contributed by atoms with van der Waals surface area (Å²) in [6, 6.07) is 0. The van der Waals surface area contributed by atoms with Crippen molar-refractivity contribution in [2.45, 2.75) is 33.6 Å². The van der Waals surface area contributed by atoms with Crippen LogP contribution in [0.5, 0.6) is 0 Å². The van der Waals surface area contributed by atoms with E-state index in [1.165, 1.54) is 6.26 Å². The van der Waals surface area contributed by atoms with Crippen LogP contribution in [0.3, 0.4) is 0 Å². The normalized spacial score (nSPS) is 13.3. The van der Waals surface area contributed by atoms with Crippen molar-refractivity contribution < 1.29 is 13.2 Å². The molecule has 0 unspecified atom stereocenters. The number of ether oxygens (including phenoxy) is 1. The molecular weight excluding hydrogens is 290 g/mol. The van der Waals surface area contributed by atoms with Gasteiger partial charge in [0.1, 0.15) is 9.84 Å². The minimum atomic E-state index is -2.92. The van der Waals surface area contributed by atoms with Gasteiger partial charge in [0.2, 0.25) is 0 Å². The van der Waals surface area contributed by atoms with E-state index in [1.54, 1.807) is 7.11 Å². The predicted octanol–water partition coefficient (Wildman–Crippen LogP) is 1.04. The Morgan fingerprint density at radius 2 is 1.95 bits per heavy atom. The predicted molar refractivity (Wildman–Crippen MR) is 88.6 cm³/mol. The minimum absolute atomic E-state index is 0.141. The second-order valence-corrected chi connectivity index (χ2v) is 8.27. The fourth-order valence-corrected chi connectivity index (χ4v) is 2.52. The van der Waals surface area contributed by atoms with Gasteiger partial charge in [-0.1, -0.05) is 13.8 Å². The Balaban J connectivity index is 4.37. The van der Waals surface area contributed by atoms with Crippen LogP contribution in [0.2, 0.25) is 0 Å². The van der Waals surface area contributed by atoms with Gasteiger partial charge in [0.25, 0.3) is 0 Å². The number of nitrogens with one attached hydrogen (secondary N) is 2. The summed E-state index contributed by atoms with van der Waals surface area (Å²) in [5, 5.41) is 6.43. The molecule has 0 radical (unpaired) electrons. The Hall–Kier alpha value is -0.820. The van der Waals surface area contributed by atoms with Gasteiger partial charge in [0.05, 0.1) is 5.75 Å². The topological polar surface area (TPSA) is 79.8 Å². The molecule has 0 saturated heterocycles. The third-order valence-corrected chi connectivity index (χ3v) is 3.92. The van der Waals surface area contributed by atoms with E-state index in [0.717, 1.165) is 25.5 Å². The van der Waals surface area contributed by atoms with E-state index in [-0.39, 0.29) is 11.2 Å². The lowest BCUT2D eigenvalue weighted by atomic mass is 9.90. The monoisotopic (exact) mass is 321 g/mol. The van der Waals surface area contributed by atoms with Crippen molar-refractivity contribution in [3.63, 3.8) is 0 Å². The largest absolute Gasteiger partial charge is 0.385 e. The summed E-state index contributed by atoms with van der Waals surface area (Å²) in [4.78, 5) is 4.54. The molecule has 0 aliphatic carbocycles. The molecule has 0 aliphatic heterocycles. The lowest BCUT2D eigenvalue weighted by Gasteiger charge is -2.22. The summed E-state index contributed by atoms with van der Waals surface area (Å²) in [5.41, 5.74) is -0.141. The molecule has 7 heteroatoms. The molecule has 126 valence electrons. The lowest BCUT2D eigenvalue weighted by Crippen LogP contribution is -2.39. The van der Waals surface area contributed by atoms with Crippen molar-refractivity contribution in [3.05, 3.63) is 0 Å². The average Bonchev–Trinajstić information content (AvgIpc) is 2.38. The van der Waals surface area contributed by atoms with Crippen LogP contribution in [0.15, 0.2) is 4.99 Å². The van der Waals surface area contributed by atoms with Crippen LogP contribution in [0, 0.1) is 5.41 Å². The molecule has 0 atom stereocenters. The van der Waals surface area contributed by atoms with Gasteiger partial charge in [-0.3, -0.25) is 4.99 Å². The van der Waals surface area contributed by atoms with Crippen LogP contribution in [-0.4, -0.2) is 59.7 Å². The van der Waals surface area contributed by atoms with E-state index < -0.39 is 9.84 Å². The molecule has 0 aromatic heterocycles. The highest BCUT2D eigenvalue weighted by atomic mass is 32.2. The number of nitrogens with zero attached hydrogens (tertiary/aromatic N) is 1. The summed E-state index contributed by atoms with van der Waals surface area (Å²) >= 11 is 0. The minimum Gasteiger partial charge on any atom is -0.385 e. The maximum absolute atomic E-state index is 11.2. The van der Waals surface area contributed by atoms with E-state index in [1.807, 2.05) is 20.8 Å². The molecule has 0 saturated carbocycles. The van der Waals surface area contributed by atoms with Crippen molar-refractivity contribution in [3.8, 4) is 0 Å². The van der Waals surface area contributed by atoms with E-state index in [2.05, 4.69) is 15.6 Å². The van der Waals surface area contributed by atoms with Crippen molar-refractivity contribution >= 4 is 15.8 Å². The first-order chi connectivity index (χ1) is 9.70. The van der Waals surface area contributed by atoms with Crippen LogP contribution < -0.4 is 10.6 Å². The third kappa shape index (κ3) is 12.6. The Morgan fingerprint density at radius 3 is 2.48 bits per heavy atom. The van der Waals surface area contributed by atoms with Crippen LogP contribution in [0.4, 0.5) is 0 Å². The Labute approximate surface area is 129 Å². The van der Waals surface area contributed by atoms with Crippen molar-refractivity contribution in [1.82, 2.24) is 10.6 Å². The van der Waals surface area contributed by atoms with Gasteiger partial charge in [0, 0.05) is 39.6 Å². The molecule has 0 heterocycles. The van der Waals surface area contributed by atoms with Gasteiger partial charge < -0.3 is 15.4 Å². The molecule has 0 aromatic carbocycles. The molecule has 0 bridgehead atoms. The Morgan fingerprint density at radius 1 is 1.29 bits per heavy atom. The number of sulfone groups is 1. The maximum Gasteiger partial charge on any atom is 0.191 e. The standard InChI is InChI=1S/C14H31N3O3S/c1-6-15-13(16-9-7-10-20-4)17-12-14(2,3)8-11-21(5,18)19/h6-12H2,1-5H3,(H2,15,16,17). The second-order valence-electron chi connectivity index (χ2n) is 6.01. The SMILES string of the molecule is CCNC(=NCC(C)(C)CCS(C)(=O)=O)NCCCOC. The van der Waals surface area contributed by atoms with Gasteiger partial charge in [-0.25, -0.2) is 8.42 Å². The number of aliphatic imine (C=N–C) groups is 1. The Bertz CT molecular complexity index is 406.